The number of rotatable bonds is 6. The molecule has 2 heterocycles. The van der Waals surface area contributed by atoms with Gasteiger partial charge in [-0.25, -0.2) is 8.42 Å². The molecule has 2 unspecified atom stereocenters. The number of likely N-dealkylation sites (tertiary alicyclic amines) is 1. The van der Waals surface area contributed by atoms with E-state index in [2.05, 4.69) is 23.6 Å². The normalized spacial score (nSPS) is 26.0. The van der Waals surface area contributed by atoms with Crippen molar-refractivity contribution < 1.29 is 13.2 Å². The van der Waals surface area contributed by atoms with E-state index in [0.29, 0.717) is 31.6 Å². The second-order valence-electron chi connectivity index (χ2n) is 7.76. The number of hydrogen-bond donors (Lipinski definition) is 2. The maximum Gasteiger partial charge on any atom is 0.263 e. The van der Waals surface area contributed by atoms with Gasteiger partial charge in [0.2, 0.25) is 5.91 Å². The van der Waals surface area contributed by atoms with Gasteiger partial charge in [0.25, 0.3) is 10.0 Å². The molecule has 0 aromatic heterocycles. The molecule has 0 saturated carbocycles. The Kier molecular flexibility index (Phi) is 5.58. The molecular weight excluding hydrogens is 364 g/mol. The molecule has 7 nitrogen and oxygen atoms in total. The molecule has 148 valence electrons. The number of unbranched alkanes of at least 4 members (excludes halogenated alkanes) is 1. The Balaban J connectivity index is 1.88. The van der Waals surface area contributed by atoms with Crippen LogP contribution < -0.4 is 10.5 Å². The highest BCUT2D eigenvalue weighted by Crippen LogP contribution is 2.30. The van der Waals surface area contributed by atoms with Gasteiger partial charge in [0.15, 0.2) is 0 Å². The zero-order valence-corrected chi connectivity index (χ0v) is 16.8. The molecule has 8 heteroatoms. The fourth-order valence-electron chi connectivity index (χ4n) is 3.62. The average molecular weight is 393 g/mol. The predicted molar refractivity (Wildman–Crippen MR) is 105 cm³/mol. The van der Waals surface area contributed by atoms with E-state index in [9.17, 15) is 13.2 Å². The van der Waals surface area contributed by atoms with E-state index in [1.165, 1.54) is 0 Å². The number of nitrogens with zero attached hydrogens (tertiary/aromatic N) is 2. The van der Waals surface area contributed by atoms with Gasteiger partial charge in [-0.15, -0.1) is 0 Å². The monoisotopic (exact) mass is 392 g/mol. The van der Waals surface area contributed by atoms with Crippen LogP contribution in [0.3, 0.4) is 0 Å². The molecule has 0 bridgehead atoms. The van der Waals surface area contributed by atoms with Gasteiger partial charge in [-0.05, 0) is 36.9 Å². The van der Waals surface area contributed by atoms with Crippen molar-refractivity contribution in [3.8, 4) is 0 Å². The van der Waals surface area contributed by atoms with Crippen LogP contribution in [0, 0.1) is 5.41 Å². The zero-order chi connectivity index (χ0) is 19.7. The number of nitrogens with one attached hydrogen (secondary N) is 1. The minimum absolute atomic E-state index is 0.0447. The van der Waals surface area contributed by atoms with Crippen LogP contribution in [0.15, 0.2) is 34.2 Å². The van der Waals surface area contributed by atoms with Crippen LogP contribution in [0.4, 0.5) is 0 Å². The van der Waals surface area contributed by atoms with E-state index in [-0.39, 0.29) is 22.1 Å². The lowest BCUT2D eigenvalue weighted by atomic mass is 9.90. The van der Waals surface area contributed by atoms with Gasteiger partial charge in [-0.3, -0.25) is 14.5 Å². The number of aliphatic imine (C=N–C) groups is 1. The van der Waals surface area contributed by atoms with E-state index >= 15 is 0 Å². The van der Waals surface area contributed by atoms with Gasteiger partial charge in [-0.2, -0.15) is 0 Å². The molecule has 1 fully saturated rings. The van der Waals surface area contributed by atoms with Gasteiger partial charge >= 0.3 is 0 Å². The molecule has 0 aliphatic carbocycles. The minimum Gasteiger partial charge on any atom is -0.340 e. The minimum atomic E-state index is -3.61. The van der Waals surface area contributed by atoms with E-state index in [1.54, 1.807) is 24.3 Å². The fraction of sp³-hybridized carbons (Fsp3) is 0.579. The number of carbonyl (C=O) groups excluding carboxylic acids is 1. The topological polar surface area (TPSA) is 105 Å². The highest BCUT2D eigenvalue weighted by atomic mass is 32.2. The van der Waals surface area contributed by atoms with Crippen LogP contribution in [0.2, 0.25) is 0 Å². The van der Waals surface area contributed by atoms with Crippen molar-refractivity contribution in [3.05, 3.63) is 29.8 Å². The molecule has 0 radical (unpaired) electrons. The second-order valence-corrected chi connectivity index (χ2v) is 9.41. The van der Waals surface area contributed by atoms with E-state index in [4.69, 9.17) is 5.73 Å². The van der Waals surface area contributed by atoms with E-state index < -0.39 is 16.1 Å². The Hall–Kier alpha value is -1.93. The Morgan fingerprint density at radius 2 is 2.15 bits per heavy atom. The van der Waals surface area contributed by atoms with Gasteiger partial charge in [0, 0.05) is 18.7 Å². The summed E-state index contributed by atoms with van der Waals surface area (Å²) >= 11 is 0. The van der Waals surface area contributed by atoms with Crippen molar-refractivity contribution >= 4 is 21.8 Å². The van der Waals surface area contributed by atoms with Crippen LogP contribution in [-0.2, 0) is 14.8 Å². The summed E-state index contributed by atoms with van der Waals surface area (Å²) in [5.74, 6) is 0.220. The van der Waals surface area contributed by atoms with Gasteiger partial charge in [-0.1, -0.05) is 38.8 Å². The number of benzene rings is 1. The van der Waals surface area contributed by atoms with Crippen LogP contribution in [0.1, 0.15) is 45.1 Å². The fourth-order valence-corrected chi connectivity index (χ4v) is 4.85. The van der Waals surface area contributed by atoms with Crippen LogP contribution in [-0.4, -0.2) is 50.7 Å². The average Bonchev–Trinajstić information content (AvgIpc) is 3.17. The number of fused-ring (bicyclic) bond motifs is 1. The Morgan fingerprint density at radius 1 is 1.41 bits per heavy atom. The number of carbonyl (C=O) groups is 1. The second kappa shape index (κ2) is 7.59. The molecule has 1 aromatic rings. The summed E-state index contributed by atoms with van der Waals surface area (Å²) in [6.07, 6.45) is 3.27. The summed E-state index contributed by atoms with van der Waals surface area (Å²) in [6.45, 7) is 5.98. The maximum absolute atomic E-state index is 13.1. The molecule has 0 spiro atoms. The van der Waals surface area contributed by atoms with Crippen molar-refractivity contribution in [1.82, 2.24) is 9.62 Å². The summed E-state index contributed by atoms with van der Waals surface area (Å²) in [5.41, 5.74) is 6.33. The highest BCUT2D eigenvalue weighted by Gasteiger charge is 2.38. The first kappa shape index (κ1) is 19.8. The number of hydrogen-bond acceptors (Lipinski definition) is 5. The maximum atomic E-state index is 13.1. The molecule has 1 aromatic carbocycles. The highest BCUT2D eigenvalue weighted by molar-refractivity contribution is 7.90. The third kappa shape index (κ3) is 4.01. The smallest absolute Gasteiger partial charge is 0.263 e. The third-order valence-corrected chi connectivity index (χ3v) is 6.82. The molecular formula is C19H28N4O3S. The first-order chi connectivity index (χ1) is 12.8. The lowest BCUT2D eigenvalue weighted by Crippen LogP contribution is -2.40. The molecule has 1 amide bonds. The quantitative estimate of drug-likeness (QED) is 0.765. The summed E-state index contributed by atoms with van der Waals surface area (Å²) in [5, 5.41) is 0. The van der Waals surface area contributed by atoms with Crippen molar-refractivity contribution in [2.45, 2.75) is 50.5 Å². The van der Waals surface area contributed by atoms with Crippen LogP contribution in [0.5, 0.6) is 0 Å². The Bertz CT molecular complexity index is 852. The van der Waals surface area contributed by atoms with Gasteiger partial charge in [0.05, 0.1) is 4.90 Å². The number of nitrogens with two attached hydrogens (primary N) is 1. The van der Waals surface area contributed by atoms with Crippen molar-refractivity contribution in [1.29, 1.82) is 0 Å². The lowest BCUT2D eigenvalue weighted by Gasteiger charge is -2.25. The van der Waals surface area contributed by atoms with Gasteiger partial charge in [0.1, 0.15) is 11.9 Å². The first-order valence-corrected chi connectivity index (χ1v) is 11.0. The molecule has 1 saturated heterocycles. The number of sulfonamides is 1. The van der Waals surface area contributed by atoms with E-state index in [0.717, 1.165) is 19.3 Å². The lowest BCUT2D eigenvalue weighted by molar-refractivity contribution is -0.132. The van der Waals surface area contributed by atoms with Crippen LogP contribution >= 0.6 is 0 Å². The number of amidine groups is 1. The largest absolute Gasteiger partial charge is 0.340 e. The Morgan fingerprint density at radius 3 is 2.81 bits per heavy atom. The molecule has 2 atom stereocenters. The van der Waals surface area contributed by atoms with Crippen LogP contribution in [0.25, 0.3) is 0 Å². The van der Waals surface area contributed by atoms with E-state index in [1.807, 2.05) is 4.90 Å². The molecule has 2 aliphatic heterocycles. The predicted octanol–water partition coefficient (Wildman–Crippen LogP) is 1.48. The Labute approximate surface area is 161 Å². The van der Waals surface area contributed by atoms with Gasteiger partial charge < -0.3 is 10.6 Å². The third-order valence-electron chi connectivity index (χ3n) is 5.43. The molecule has 3 rings (SSSR count). The SMILES string of the molecule is CCCCC(N=C1NS(=O)(=O)c2ccccc21)C(=O)N1CCC(C)(CN)C1. The summed E-state index contributed by atoms with van der Waals surface area (Å²) < 4.78 is 27.1. The zero-order valence-electron chi connectivity index (χ0n) is 15.9. The summed E-state index contributed by atoms with van der Waals surface area (Å²) in [4.78, 5) is 19.7. The number of amides is 1. The summed E-state index contributed by atoms with van der Waals surface area (Å²) in [6, 6.07) is 6.13. The standard InChI is InChI=1S/C19H28N4O3S/c1-3-4-8-15(18(24)23-11-10-19(2,12-20)13-23)21-17-14-7-5-6-9-16(14)27(25,26)22-17/h5-7,9,15H,3-4,8,10-13,20H2,1-2H3,(H,21,22). The molecule has 27 heavy (non-hydrogen) atoms. The summed E-state index contributed by atoms with van der Waals surface area (Å²) in [7, 11) is -3.61. The van der Waals surface area contributed by atoms with Crippen molar-refractivity contribution in [2.75, 3.05) is 19.6 Å². The van der Waals surface area contributed by atoms with Crippen molar-refractivity contribution in [3.63, 3.8) is 0 Å². The van der Waals surface area contributed by atoms with Crippen molar-refractivity contribution in [2.24, 2.45) is 16.1 Å². The molecule has 2 aliphatic rings. The molecule has 3 N–H and O–H groups in total. The first-order valence-electron chi connectivity index (χ1n) is 9.48.